The molecule has 1 aliphatic carbocycles. The lowest BCUT2D eigenvalue weighted by Crippen LogP contribution is -2.37. The third kappa shape index (κ3) is 5.56. The van der Waals surface area contributed by atoms with Gasteiger partial charge in [0.2, 0.25) is 0 Å². The second-order valence-electron chi connectivity index (χ2n) is 11.0. The highest BCUT2D eigenvalue weighted by Crippen LogP contribution is 2.38. The second-order valence-corrected chi connectivity index (χ2v) is 11.4. The molecular weight excluding hydrogens is 516 g/mol. The van der Waals surface area contributed by atoms with Gasteiger partial charge in [-0.1, -0.05) is 42.8 Å². The summed E-state index contributed by atoms with van der Waals surface area (Å²) in [7, 11) is 3.65. The fourth-order valence-corrected chi connectivity index (χ4v) is 5.02. The van der Waals surface area contributed by atoms with Crippen LogP contribution in [0.4, 0.5) is 15.8 Å². The van der Waals surface area contributed by atoms with E-state index in [1.807, 2.05) is 24.8 Å². The smallest absolute Gasteiger partial charge is 0.148 e. The molecule has 39 heavy (non-hydrogen) atoms. The average molecular weight is 546 g/mol. The molecule has 1 aliphatic rings. The summed E-state index contributed by atoms with van der Waals surface area (Å²) in [5.74, 6) is -0.321. The first-order valence-corrected chi connectivity index (χ1v) is 13.2. The molecule has 0 radical (unpaired) electrons. The number of nitriles is 1. The maximum absolute atomic E-state index is 13.9. The summed E-state index contributed by atoms with van der Waals surface area (Å²) < 4.78 is 21.1. The summed E-state index contributed by atoms with van der Waals surface area (Å²) in [6.07, 6.45) is 5.63. The highest BCUT2D eigenvalue weighted by atomic mass is 35.5. The summed E-state index contributed by atoms with van der Waals surface area (Å²) >= 11 is 6.75. The van der Waals surface area contributed by atoms with Gasteiger partial charge in [-0.3, -0.25) is 4.98 Å². The maximum atomic E-state index is 13.9. The van der Waals surface area contributed by atoms with Crippen LogP contribution in [-0.2, 0) is 10.2 Å². The third-order valence-corrected chi connectivity index (χ3v) is 7.37. The predicted octanol–water partition coefficient (Wildman–Crippen LogP) is 4.86. The van der Waals surface area contributed by atoms with E-state index in [2.05, 4.69) is 45.8 Å². The second kappa shape index (κ2) is 10.5. The van der Waals surface area contributed by atoms with Crippen molar-refractivity contribution in [3.05, 3.63) is 76.5 Å². The number of anilines is 2. The largest absolute Gasteiger partial charge is 0.384 e. The van der Waals surface area contributed by atoms with Crippen molar-refractivity contribution in [2.24, 2.45) is 5.41 Å². The molecule has 5 rings (SSSR count). The molecule has 0 aliphatic heterocycles. The van der Waals surface area contributed by atoms with E-state index < -0.39 is 5.44 Å². The van der Waals surface area contributed by atoms with E-state index in [4.69, 9.17) is 16.3 Å². The van der Waals surface area contributed by atoms with Crippen molar-refractivity contribution >= 4 is 41.7 Å². The van der Waals surface area contributed by atoms with Crippen LogP contribution in [0.15, 0.2) is 48.8 Å². The van der Waals surface area contributed by atoms with Crippen molar-refractivity contribution in [1.29, 1.82) is 5.26 Å². The monoisotopic (exact) mass is 545 g/mol. The van der Waals surface area contributed by atoms with Crippen LogP contribution in [0.2, 0.25) is 5.02 Å². The van der Waals surface area contributed by atoms with E-state index in [1.165, 1.54) is 18.3 Å². The minimum Gasteiger partial charge on any atom is -0.384 e. The van der Waals surface area contributed by atoms with Gasteiger partial charge in [0.15, 0.2) is 0 Å². The number of benzene rings is 2. The molecule has 2 aromatic heterocycles. The zero-order chi connectivity index (χ0) is 27.8. The molecule has 1 fully saturated rings. The molecule has 1 saturated carbocycles. The van der Waals surface area contributed by atoms with Gasteiger partial charge in [0, 0.05) is 36.3 Å². The van der Waals surface area contributed by atoms with Gasteiger partial charge >= 0.3 is 0 Å². The molecule has 4 aromatic rings. The van der Waals surface area contributed by atoms with Crippen LogP contribution < -0.4 is 10.6 Å². The Labute approximate surface area is 232 Å². The Bertz CT molecular complexity index is 1550. The molecule has 0 bridgehead atoms. The van der Waals surface area contributed by atoms with Crippen molar-refractivity contribution in [2.45, 2.75) is 38.2 Å². The molecule has 2 heterocycles. The van der Waals surface area contributed by atoms with Crippen LogP contribution in [-0.4, -0.2) is 48.1 Å². The summed E-state index contributed by atoms with van der Waals surface area (Å²) in [5, 5.41) is 26.9. The van der Waals surface area contributed by atoms with Gasteiger partial charge in [0.25, 0.3) is 0 Å². The number of halogens is 2. The summed E-state index contributed by atoms with van der Waals surface area (Å²) in [6, 6.07) is 12.7. The Hall–Kier alpha value is -3.68. The molecule has 0 amide bonds. The number of methoxy groups -OCH3 is 1. The molecule has 8 nitrogen and oxygen atoms in total. The number of fused-ring (bicyclic) bond motifs is 1. The van der Waals surface area contributed by atoms with Gasteiger partial charge in [0.05, 0.1) is 46.1 Å². The quantitative estimate of drug-likeness (QED) is 0.275. The molecule has 0 spiro atoms. The molecule has 2 aromatic carbocycles. The van der Waals surface area contributed by atoms with Gasteiger partial charge in [-0.15, -0.1) is 5.10 Å². The lowest BCUT2D eigenvalue weighted by molar-refractivity contribution is 0.112. The highest BCUT2D eigenvalue weighted by Gasteiger charge is 2.34. The van der Waals surface area contributed by atoms with Crippen LogP contribution in [0.3, 0.4) is 0 Å². The number of aromatic nitrogens is 4. The Balaban J connectivity index is 1.59. The normalized spacial score (nSPS) is 15.1. The van der Waals surface area contributed by atoms with E-state index >= 15 is 0 Å². The fourth-order valence-electron chi connectivity index (χ4n) is 4.76. The van der Waals surface area contributed by atoms with Crippen LogP contribution in [0, 0.1) is 22.6 Å². The SMILES string of the molecule is BC(Nc1cc(Cl)c2ncc(C#N)c(NCC(C)(C)COC)c2c1)(c1ccc(F)cc1)c1cn(C2CC2)nn1. The Morgan fingerprint density at radius 2 is 2.00 bits per heavy atom. The highest BCUT2D eigenvalue weighted by molar-refractivity contribution is 6.36. The van der Waals surface area contributed by atoms with E-state index in [-0.39, 0.29) is 11.2 Å². The van der Waals surface area contributed by atoms with Crippen molar-refractivity contribution in [2.75, 3.05) is 30.9 Å². The van der Waals surface area contributed by atoms with Crippen LogP contribution in [0.5, 0.6) is 0 Å². The summed E-state index contributed by atoms with van der Waals surface area (Å²) in [4.78, 5) is 4.47. The Morgan fingerprint density at radius 1 is 1.26 bits per heavy atom. The number of hydrogen-bond donors (Lipinski definition) is 2. The Morgan fingerprint density at radius 3 is 2.67 bits per heavy atom. The average Bonchev–Trinajstić information content (AvgIpc) is 3.63. The molecule has 1 unspecified atom stereocenters. The van der Waals surface area contributed by atoms with Crippen molar-refractivity contribution in [3.8, 4) is 6.07 Å². The van der Waals surface area contributed by atoms with Gasteiger partial charge in [-0.2, -0.15) is 5.26 Å². The van der Waals surface area contributed by atoms with Crippen LogP contribution in [0.1, 0.15) is 49.6 Å². The molecule has 200 valence electrons. The molecular formula is C28H30BClFN7O. The fraction of sp³-hybridized carbons (Fsp3) is 0.357. The van der Waals surface area contributed by atoms with Crippen molar-refractivity contribution in [3.63, 3.8) is 0 Å². The van der Waals surface area contributed by atoms with Crippen molar-refractivity contribution in [1.82, 2.24) is 20.0 Å². The summed E-state index contributed by atoms with van der Waals surface area (Å²) in [5.41, 5.74) is 2.82. The summed E-state index contributed by atoms with van der Waals surface area (Å²) in [6.45, 7) is 5.29. The number of ether oxygens (including phenoxy) is 1. The first kappa shape index (κ1) is 26.9. The minimum absolute atomic E-state index is 0.175. The molecule has 2 N–H and O–H groups in total. The maximum Gasteiger partial charge on any atom is 0.148 e. The van der Waals surface area contributed by atoms with E-state index in [9.17, 15) is 9.65 Å². The molecule has 11 heteroatoms. The topological polar surface area (TPSA) is 101 Å². The zero-order valence-corrected chi connectivity index (χ0v) is 23.2. The van der Waals surface area contributed by atoms with E-state index in [1.54, 1.807) is 25.3 Å². The number of rotatable bonds is 10. The Kier molecular flexibility index (Phi) is 7.23. The van der Waals surface area contributed by atoms with Crippen molar-refractivity contribution < 1.29 is 9.13 Å². The number of hydrogen-bond acceptors (Lipinski definition) is 7. The first-order chi connectivity index (χ1) is 18.6. The third-order valence-electron chi connectivity index (χ3n) is 7.08. The van der Waals surface area contributed by atoms with Crippen LogP contribution >= 0.6 is 11.6 Å². The van der Waals surface area contributed by atoms with E-state index in [0.717, 1.165) is 18.4 Å². The lowest BCUT2D eigenvalue weighted by Gasteiger charge is -2.31. The van der Waals surface area contributed by atoms with E-state index in [0.29, 0.717) is 57.8 Å². The minimum atomic E-state index is -0.855. The van der Waals surface area contributed by atoms with Gasteiger partial charge in [-0.25, -0.2) is 9.07 Å². The first-order valence-electron chi connectivity index (χ1n) is 12.9. The van der Waals surface area contributed by atoms with Gasteiger partial charge in [0.1, 0.15) is 25.4 Å². The van der Waals surface area contributed by atoms with Crippen LogP contribution in [0.25, 0.3) is 10.9 Å². The zero-order valence-electron chi connectivity index (χ0n) is 22.4. The standard InChI is InChI=1S/C28H30BClFN7O/c1-27(2,16-39-3)15-34-25-17(12-32)13-33-26-22(25)10-20(11-23(26)30)35-28(29,18-4-6-19(31)7-5-18)24-14-38(37-36-24)21-8-9-21/h4-7,10-11,13-14,21,35H,8-9,15-16,29H2,1-3H3,(H,33,34). The lowest BCUT2D eigenvalue weighted by atomic mass is 9.69. The predicted molar refractivity (Wildman–Crippen MR) is 153 cm³/mol. The molecule has 1 atom stereocenters. The number of nitrogens with zero attached hydrogens (tertiary/aromatic N) is 5. The molecule has 0 saturated heterocycles. The number of nitrogens with one attached hydrogen (secondary N) is 2. The van der Waals surface area contributed by atoms with Gasteiger partial charge < -0.3 is 15.4 Å². The van der Waals surface area contributed by atoms with Gasteiger partial charge in [-0.05, 0) is 42.7 Å². The number of pyridine rings is 1.